The predicted molar refractivity (Wildman–Crippen MR) is 74.9 cm³/mol. The minimum absolute atomic E-state index is 0.591. The Kier molecular flexibility index (Phi) is 3.85. The number of hydrogen-bond acceptors (Lipinski definition) is 3. The molecule has 0 bridgehead atoms. The summed E-state index contributed by atoms with van der Waals surface area (Å²) < 4.78 is 6.42. The van der Waals surface area contributed by atoms with Crippen molar-refractivity contribution >= 4 is 21.6 Å². The summed E-state index contributed by atoms with van der Waals surface area (Å²) in [5.74, 6) is 1.45. The molecule has 0 saturated carbocycles. The highest BCUT2D eigenvalue weighted by molar-refractivity contribution is 9.10. The van der Waals surface area contributed by atoms with Gasteiger partial charge in [-0.15, -0.1) is 0 Å². The van der Waals surface area contributed by atoms with Crippen LogP contribution in [0.4, 0.5) is 5.69 Å². The molecule has 18 heavy (non-hydrogen) atoms. The second-order valence-corrected chi connectivity index (χ2v) is 4.48. The van der Waals surface area contributed by atoms with Crippen molar-refractivity contribution in [3.05, 3.63) is 52.5 Å². The molecular formula is C14H11BrN2O. The second kappa shape index (κ2) is 5.56. The molecule has 0 fully saturated rings. The normalized spacial score (nSPS) is 9.61. The molecule has 0 saturated heterocycles. The van der Waals surface area contributed by atoms with Gasteiger partial charge in [-0.3, -0.25) is 0 Å². The van der Waals surface area contributed by atoms with Gasteiger partial charge in [0.15, 0.2) is 0 Å². The van der Waals surface area contributed by atoms with Gasteiger partial charge in [-0.1, -0.05) is 0 Å². The van der Waals surface area contributed by atoms with Crippen molar-refractivity contribution < 1.29 is 4.74 Å². The summed E-state index contributed by atoms with van der Waals surface area (Å²) in [4.78, 5) is 0. The van der Waals surface area contributed by atoms with Crippen LogP contribution < -0.4 is 10.1 Å². The summed E-state index contributed by atoms with van der Waals surface area (Å²) in [7, 11) is 1.87. The minimum atomic E-state index is 0.591. The molecule has 0 heterocycles. The van der Waals surface area contributed by atoms with Gasteiger partial charge in [0, 0.05) is 17.2 Å². The zero-order chi connectivity index (χ0) is 13.0. The van der Waals surface area contributed by atoms with E-state index in [-0.39, 0.29) is 0 Å². The van der Waals surface area contributed by atoms with Crippen molar-refractivity contribution in [2.45, 2.75) is 0 Å². The van der Waals surface area contributed by atoms with Crippen molar-refractivity contribution in [3.63, 3.8) is 0 Å². The fourth-order valence-corrected chi connectivity index (χ4v) is 1.92. The Labute approximate surface area is 114 Å². The van der Waals surface area contributed by atoms with E-state index in [9.17, 15) is 0 Å². The van der Waals surface area contributed by atoms with E-state index in [4.69, 9.17) is 10.00 Å². The second-order valence-electron chi connectivity index (χ2n) is 3.63. The Morgan fingerprint density at radius 1 is 1.11 bits per heavy atom. The lowest BCUT2D eigenvalue weighted by atomic mass is 10.2. The summed E-state index contributed by atoms with van der Waals surface area (Å²) in [5.41, 5.74) is 1.62. The van der Waals surface area contributed by atoms with Crippen molar-refractivity contribution in [1.82, 2.24) is 0 Å². The first-order valence-electron chi connectivity index (χ1n) is 5.38. The van der Waals surface area contributed by atoms with Gasteiger partial charge in [0.1, 0.15) is 17.6 Å². The zero-order valence-corrected chi connectivity index (χ0v) is 11.4. The molecule has 0 aliphatic heterocycles. The van der Waals surface area contributed by atoms with Crippen LogP contribution in [-0.4, -0.2) is 7.05 Å². The first kappa shape index (κ1) is 12.5. The quantitative estimate of drug-likeness (QED) is 0.926. The maximum absolute atomic E-state index is 8.83. The molecule has 0 spiro atoms. The van der Waals surface area contributed by atoms with Gasteiger partial charge in [-0.25, -0.2) is 0 Å². The van der Waals surface area contributed by atoms with Gasteiger partial charge < -0.3 is 10.1 Å². The van der Waals surface area contributed by atoms with Gasteiger partial charge >= 0.3 is 0 Å². The summed E-state index contributed by atoms with van der Waals surface area (Å²) in [6, 6.07) is 15.0. The third-order valence-corrected chi connectivity index (χ3v) is 3.10. The monoisotopic (exact) mass is 302 g/mol. The van der Waals surface area contributed by atoms with Crippen LogP contribution in [0.25, 0.3) is 0 Å². The summed E-state index contributed by atoms with van der Waals surface area (Å²) >= 11 is 3.33. The van der Waals surface area contributed by atoms with Crippen LogP contribution in [0.5, 0.6) is 11.5 Å². The molecule has 0 aromatic heterocycles. The van der Waals surface area contributed by atoms with Crippen molar-refractivity contribution in [2.75, 3.05) is 12.4 Å². The number of hydrogen-bond donors (Lipinski definition) is 1. The first-order valence-corrected chi connectivity index (χ1v) is 6.17. The number of benzene rings is 2. The molecule has 90 valence electrons. The average Bonchev–Trinajstić information content (AvgIpc) is 2.40. The molecule has 0 atom stereocenters. The van der Waals surface area contributed by atoms with Crippen molar-refractivity contribution in [3.8, 4) is 17.6 Å². The van der Waals surface area contributed by atoms with Gasteiger partial charge in [0.25, 0.3) is 0 Å². The van der Waals surface area contributed by atoms with Crippen LogP contribution in [-0.2, 0) is 0 Å². The highest BCUT2D eigenvalue weighted by atomic mass is 79.9. The Morgan fingerprint density at radius 3 is 2.33 bits per heavy atom. The highest BCUT2D eigenvalue weighted by Gasteiger charge is 2.02. The fourth-order valence-electron chi connectivity index (χ4n) is 1.48. The van der Waals surface area contributed by atoms with Crippen LogP contribution in [0, 0.1) is 11.3 Å². The highest BCUT2D eigenvalue weighted by Crippen LogP contribution is 2.27. The van der Waals surface area contributed by atoms with Crippen LogP contribution in [0.2, 0.25) is 0 Å². The van der Waals surface area contributed by atoms with Gasteiger partial charge in [0.05, 0.1) is 5.56 Å². The SMILES string of the molecule is CNc1ccc(Oc2ccc(C#N)c(Br)c2)cc1. The third kappa shape index (κ3) is 2.82. The van der Waals surface area contributed by atoms with E-state index in [0.29, 0.717) is 11.3 Å². The minimum Gasteiger partial charge on any atom is -0.457 e. The number of halogens is 1. The smallest absolute Gasteiger partial charge is 0.128 e. The largest absolute Gasteiger partial charge is 0.457 e. The summed E-state index contributed by atoms with van der Waals surface area (Å²) in [6.45, 7) is 0. The molecule has 1 N–H and O–H groups in total. The van der Waals surface area contributed by atoms with Crippen molar-refractivity contribution in [1.29, 1.82) is 5.26 Å². The molecular weight excluding hydrogens is 292 g/mol. The van der Waals surface area contributed by atoms with E-state index >= 15 is 0 Å². The first-order chi connectivity index (χ1) is 8.72. The Hall–Kier alpha value is -1.99. The molecule has 2 rings (SSSR count). The van der Waals surface area contributed by atoms with Gasteiger partial charge in [-0.2, -0.15) is 5.26 Å². The number of rotatable bonds is 3. The summed E-state index contributed by atoms with van der Waals surface area (Å²) in [5, 5.41) is 11.9. The molecule has 2 aromatic rings. The molecule has 0 aliphatic carbocycles. The molecule has 2 aromatic carbocycles. The molecule has 0 radical (unpaired) electrons. The number of nitriles is 1. The Bertz CT molecular complexity index is 588. The number of ether oxygens (including phenoxy) is 1. The van der Waals surface area contributed by atoms with E-state index in [1.54, 1.807) is 18.2 Å². The lowest BCUT2D eigenvalue weighted by Crippen LogP contribution is -1.88. The van der Waals surface area contributed by atoms with Gasteiger partial charge in [0.2, 0.25) is 0 Å². The third-order valence-electron chi connectivity index (χ3n) is 2.44. The summed E-state index contributed by atoms with van der Waals surface area (Å²) in [6.07, 6.45) is 0. The van der Waals surface area contributed by atoms with E-state index < -0.39 is 0 Å². The van der Waals surface area contributed by atoms with Crippen LogP contribution in [0.15, 0.2) is 46.9 Å². The topological polar surface area (TPSA) is 45.0 Å². The number of anilines is 1. The van der Waals surface area contributed by atoms with Crippen LogP contribution in [0.1, 0.15) is 5.56 Å². The number of nitrogens with zero attached hydrogens (tertiary/aromatic N) is 1. The molecule has 0 aliphatic rings. The lowest BCUT2D eigenvalue weighted by Gasteiger charge is -2.07. The number of nitrogens with one attached hydrogen (secondary N) is 1. The maximum Gasteiger partial charge on any atom is 0.128 e. The average molecular weight is 303 g/mol. The van der Waals surface area contributed by atoms with E-state index in [1.165, 1.54) is 0 Å². The Morgan fingerprint density at radius 2 is 1.78 bits per heavy atom. The maximum atomic E-state index is 8.83. The standard InChI is InChI=1S/C14H11BrN2O/c1-17-11-3-6-12(7-4-11)18-13-5-2-10(9-16)14(15)8-13/h2-8,17H,1H3. The molecule has 0 unspecified atom stereocenters. The van der Waals surface area contributed by atoms with E-state index in [0.717, 1.165) is 15.9 Å². The lowest BCUT2D eigenvalue weighted by molar-refractivity contribution is 0.482. The van der Waals surface area contributed by atoms with Crippen LogP contribution >= 0.6 is 15.9 Å². The molecule has 4 heteroatoms. The molecule has 3 nitrogen and oxygen atoms in total. The van der Waals surface area contributed by atoms with Crippen LogP contribution in [0.3, 0.4) is 0 Å². The van der Waals surface area contributed by atoms with Gasteiger partial charge in [-0.05, 0) is 58.4 Å². The Balaban J connectivity index is 2.18. The fraction of sp³-hybridized carbons (Fsp3) is 0.0714. The zero-order valence-electron chi connectivity index (χ0n) is 9.77. The van der Waals surface area contributed by atoms with E-state index in [1.807, 2.05) is 31.3 Å². The van der Waals surface area contributed by atoms with E-state index in [2.05, 4.69) is 27.3 Å². The predicted octanol–water partition coefficient (Wildman–Crippen LogP) is 4.15. The molecule has 0 amide bonds. The van der Waals surface area contributed by atoms with Crippen molar-refractivity contribution in [2.24, 2.45) is 0 Å².